The Labute approximate surface area is 330 Å². The Morgan fingerprint density at radius 2 is 0.964 bits per heavy atom. The van der Waals surface area contributed by atoms with Gasteiger partial charge in [0, 0.05) is 31.5 Å². The minimum atomic E-state index is 1.11. The van der Waals surface area contributed by atoms with Gasteiger partial charge in [-0.2, -0.15) is 0 Å². The summed E-state index contributed by atoms with van der Waals surface area (Å²) in [4.78, 5) is 2.45. The van der Waals surface area contributed by atoms with E-state index in [0.717, 1.165) is 11.4 Å². The lowest BCUT2D eigenvalue weighted by Gasteiger charge is -2.27. The van der Waals surface area contributed by atoms with Crippen molar-refractivity contribution in [3.05, 3.63) is 212 Å². The summed E-state index contributed by atoms with van der Waals surface area (Å²) in [6.07, 6.45) is 0. The number of rotatable bonds is 6. The highest BCUT2D eigenvalue weighted by Gasteiger charge is 2.21. The van der Waals surface area contributed by atoms with Crippen molar-refractivity contribution in [2.75, 3.05) is 4.90 Å². The predicted octanol–water partition coefficient (Wildman–Crippen LogP) is 16.0. The van der Waals surface area contributed by atoms with Crippen LogP contribution < -0.4 is 4.90 Å². The molecule has 0 saturated carbocycles. The van der Waals surface area contributed by atoms with Crippen LogP contribution in [0, 0.1) is 0 Å². The van der Waals surface area contributed by atoms with Crippen LogP contribution in [-0.4, -0.2) is 0 Å². The molecule has 1 aromatic heterocycles. The van der Waals surface area contributed by atoms with Gasteiger partial charge >= 0.3 is 0 Å². The standard InChI is InChI=1S/C54H35NS/c1-2-14-36(15-3-1)37-28-31-41(32-29-37)55(51-26-13-27-52-53(51)49-33-30-38-16-4-7-22-45(38)54(49)56-52)42-19-12-18-39(34-42)43-21-8-9-24-47(43)50-35-40-17-5-6-20-44(40)46-23-10-11-25-48(46)50/h1-35H. The molecule has 0 aliphatic rings. The molecule has 1 heterocycles. The molecule has 2 heteroatoms. The fourth-order valence-corrected chi connectivity index (χ4v) is 9.90. The van der Waals surface area contributed by atoms with E-state index in [4.69, 9.17) is 0 Å². The van der Waals surface area contributed by atoms with Crippen LogP contribution in [0.15, 0.2) is 212 Å². The number of fused-ring (bicyclic) bond motifs is 8. The first kappa shape index (κ1) is 32.4. The van der Waals surface area contributed by atoms with Crippen LogP contribution in [0.3, 0.4) is 0 Å². The summed E-state index contributed by atoms with van der Waals surface area (Å²) in [6, 6.07) is 77.7. The van der Waals surface area contributed by atoms with E-state index < -0.39 is 0 Å². The Kier molecular flexibility index (Phi) is 7.75. The maximum atomic E-state index is 2.45. The molecule has 10 aromatic carbocycles. The molecule has 11 rings (SSSR count). The van der Waals surface area contributed by atoms with Crippen molar-refractivity contribution in [1.29, 1.82) is 0 Å². The van der Waals surface area contributed by atoms with E-state index >= 15 is 0 Å². The van der Waals surface area contributed by atoms with Crippen LogP contribution in [0.2, 0.25) is 0 Å². The largest absolute Gasteiger partial charge is 0.310 e. The Morgan fingerprint density at radius 3 is 1.80 bits per heavy atom. The van der Waals surface area contributed by atoms with Gasteiger partial charge in [0.2, 0.25) is 0 Å². The highest BCUT2D eigenvalue weighted by molar-refractivity contribution is 7.26. The van der Waals surface area contributed by atoms with Crippen molar-refractivity contribution in [3.63, 3.8) is 0 Å². The van der Waals surface area contributed by atoms with Crippen LogP contribution >= 0.6 is 11.3 Å². The second kappa shape index (κ2) is 13.4. The summed E-state index contributed by atoms with van der Waals surface area (Å²) in [6.45, 7) is 0. The molecule has 0 aliphatic carbocycles. The van der Waals surface area contributed by atoms with E-state index in [1.807, 2.05) is 11.3 Å². The van der Waals surface area contributed by atoms with E-state index in [0.29, 0.717) is 0 Å². The molecule has 0 bridgehead atoms. The third-order valence-corrected chi connectivity index (χ3v) is 12.4. The minimum Gasteiger partial charge on any atom is -0.310 e. The molecule has 0 amide bonds. The normalized spacial score (nSPS) is 11.6. The fourth-order valence-electron chi connectivity index (χ4n) is 8.64. The summed E-state index contributed by atoms with van der Waals surface area (Å²) in [5.74, 6) is 0. The summed E-state index contributed by atoms with van der Waals surface area (Å²) < 4.78 is 2.61. The zero-order chi connectivity index (χ0) is 37.0. The number of anilines is 3. The van der Waals surface area contributed by atoms with E-state index in [9.17, 15) is 0 Å². The molecular formula is C54H35NS. The number of hydrogen-bond acceptors (Lipinski definition) is 2. The van der Waals surface area contributed by atoms with Crippen LogP contribution in [0.4, 0.5) is 17.1 Å². The van der Waals surface area contributed by atoms with E-state index in [-0.39, 0.29) is 0 Å². The first-order valence-corrected chi connectivity index (χ1v) is 20.0. The lowest BCUT2D eigenvalue weighted by Crippen LogP contribution is -2.10. The quantitative estimate of drug-likeness (QED) is 0.154. The van der Waals surface area contributed by atoms with Crippen LogP contribution in [0.5, 0.6) is 0 Å². The van der Waals surface area contributed by atoms with Crippen molar-refractivity contribution in [2.45, 2.75) is 0 Å². The van der Waals surface area contributed by atoms with Gasteiger partial charge in [-0.15, -0.1) is 11.3 Å². The molecule has 0 spiro atoms. The molecule has 0 atom stereocenters. The second-order valence-corrected chi connectivity index (χ2v) is 15.5. The van der Waals surface area contributed by atoms with Gasteiger partial charge in [-0.05, 0) is 108 Å². The first-order valence-electron chi connectivity index (χ1n) is 19.2. The van der Waals surface area contributed by atoms with Crippen molar-refractivity contribution in [1.82, 2.24) is 0 Å². The van der Waals surface area contributed by atoms with Gasteiger partial charge in [0.15, 0.2) is 0 Å². The highest BCUT2D eigenvalue weighted by Crippen LogP contribution is 2.48. The average Bonchev–Trinajstić information content (AvgIpc) is 3.67. The lowest BCUT2D eigenvalue weighted by molar-refractivity contribution is 1.30. The van der Waals surface area contributed by atoms with Crippen LogP contribution in [0.25, 0.3) is 85.9 Å². The number of hydrogen-bond donors (Lipinski definition) is 0. The van der Waals surface area contributed by atoms with Crippen LogP contribution in [0.1, 0.15) is 0 Å². The molecular weight excluding hydrogens is 695 g/mol. The topological polar surface area (TPSA) is 3.24 Å². The van der Waals surface area contributed by atoms with E-state index in [2.05, 4.69) is 217 Å². The van der Waals surface area contributed by atoms with Crippen LogP contribution in [-0.2, 0) is 0 Å². The molecule has 11 aromatic rings. The van der Waals surface area contributed by atoms with E-state index in [1.54, 1.807) is 0 Å². The SMILES string of the molecule is c1ccc(-c2ccc(N(c3cccc(-c4ccccc4-c4cc5ccccc5c5ccccc45)c3)c3cccc4sc5c6ccccc6ccc5c34)cc2)cc1. The van der Waals surface area contributed by atoms with Gasteiger partial charge in [0.05, 0.1) is 5.69 Å². The molecule has 0 fully saturated rings. The first-order chi connectivity index (χ1) is 27.8. The van der Waals surface area contributed by atoms with Crippen molar-refractivity contribution in [3.8, 4) is 33.4 Å². The monoisotopic (exact) mass is 729 g/mol. The lowest BCUT2D eigenvalue weighted by atomic mass is 9.89. The predicted molar refractivity (Wildman–Crippen MR) is 243 cm³/mol. The van der Waals surface area contributed by atoms with Gasteiger partial charge in [0.25, 0.3) is 0 Å². The Balaban J connectivity index is 1.12. The van der Waals surface area contributed by atoms with Gasteiger partial charge in [-0.3, -0.25) is 0 Å². The third-order valence-electron chi connectivity index (χ3n) is 11.2. The molecule has 0 saturated heterocycles. The van der Waals surface area contributed by atoms with E-state index in [1.165, 1.54) is 91.6 Å². The summed E-state index contributed by atoms with van der Waals surface area (Å²) in [5.41, 5.74) is 10.7. The molecule has 0 N–H and O–H groups in total. The Morgan fingerprint density at radius 1 is 0.321 bits per heavy atom. The molecule has 0 unspecified atom stereocenters. The molecule has 262 valence electrons. The van der Waals surface area contributed by atoms with Gasteiger partial charge in [0.1, 0.15) is 0 Å². The van der Waals surface area contributed by atoms with Gasteiger partial charge < -0.3 is 4.90 Å². The van der Waals surface area contributed by atoms with Gasteiger partial charge in [-0.25, -0.2) is 0 Å². The van der Waals surface area contributed by atoms with Gasteiger partial charge in [-0.1, -0.05) is 170 Å². The third kappa shape index (κ3) is 5.38. The summed E-state index contributed by atoms with van der Waals surface area (Å²) in [7, 11) is 0. The average molecular weight is 730 g/mol. The fraction of sp³-hybridized carbons (Fsp3) is 0. The number of benzene rings is 10. The van der Waals surface area contributed by atoms with Crippen molar-refractivity contribution < 1.29 is 0 Å². The Hall–Kier alpha value is -7.00. The highest BCUT2D eigenvalue weighted by atomic mass is 32.1. The van der Waals surface area contributed by atoms with Crippen molar-refractivity contribution >= 4 is 80.9 Å². The molecule has 0 radical (unpaired) electrons. The number of nitrogens with zero attached hydrogens (tertiary/aromatic N) is 1. The zero-order valence-corrected chi connectivity index (χ0v) is 31.4. The smallest absolute Gasteiger partial charge is 0.0554 e. The summed E-state index contributed by atoms with van der Waals surface area (Å²) in [5, 5.41) is 10.2. The molecule has 56 heavy (non-hydrogen) atoms. The summed E-state index contributed by atoms with van der Waals surface area (Å²) >= 11 is 1.89. The zero-order valence-electron chi connectivity index (χ0n) is 30.6. The molecule has 1 nitrogen and oxygen atoms in total. The second-order valence-electron chi connectivity index (χ2n) is 14.5. The Bertz CT molecular complexity index is 3250. The minimum absolute atomic E-state index is 1.11. The maximum Gasteiger partial charge on any atom is 0.0554 e. The molecule has 0 aliphatic heterocycles. The number of thiophene rings is 1. The maximum absolute atomic E-state index is 2.45. The van der Waals surface area contributed by atoms with Crippen molar-refractivity contribution in [2.24, 2.45) is 0 Å².